The molecule has 1 spiro atoms. The van der Waals surface area contributed by atoms with Gasteiger partial charge in [-0.05, 0) is 58.6 Å². The summed E-state index contributed by atoms with van der Waals surface area (Å²) in [6.45, 7) is 8.65. The number of hydrogen-bond acceptors (Lipinski definition) is 5. The van der Waals surface area contributed by atoms with Crippen LogP contribution in [0.2, 0.25) is 0 Å². The molecule has 1 aromatic carbocycles. The molecule has 30 heavy (non-hydrogen) atoms. The van der Waals surface area contributed by atoms with E-state index in [1.807, 2.05) is 54.8 Å². The van der Waals surface area contributed by atoms with Gasteiger partial charge in [0.15, 0.2) is 0 Å². The summed E-state index contributed by atoms with van der Waals surface area (Å²) < 4.78 is 7.26. The maximum absolute atomic E-state index is 13.1. The maximum Gasteiger partial charge on any atom is 0.410 e. The van der Waals surface area contributed by atoms with Crippen molar-refractivity contribution in [3.05, 3.63) is 24.3 Å². The van der Waals surface area contributed by atoms with Gasteiger partial charge in [0.25, 0.3) is 0 Å². The van der Waals surface area contributed by atoms with Gasteiger partial charge in [0.2, 0.25) is 5.91 Å². The number of piperidine rings is 2. The molecule has 3 heterocycles. The molecule has 2 aliphatic rings. The SMILES string of the molecule is CC(C)(C)OC(=O)N1CCCC2(CCCN(C(=O)Cn3nnc4ccccc43)C2)C1. The van der Waals surface area contributed by atoms with E-state index in [2.05, 4.69) is 10.3 Å². The predicted octanol–water partition coefficient (Wildman–Crippen LogP) is 3.07. The highest BCUT2D eigenvalue weighted by Crippen LogP contribution is 2.39. The standard InChI is InChI=1S/C22H31N5O3/c1-21(2,3)30-20(29)26-13-7-11-22(16-26)10-6-12-25(15-22)19(28)14-27-18-9-5-4-8-17(18)23-24-27/h4-5,8-9H,6-7,10-16H2,1-3H3. The highest BCUT2D eigenvalue weighted by molar-refractivity contribution is 5.80. The zero-order valence-electron chi connectivity index (χ0n) is 18.1. The maximum atomic E-state index is 13.1. The fourth-order valence-corrected chi connectivity index (χ4v) is 4.71. The zero-order valence-corrected chi connectivity index (χ0v) is 18.1. The molecule has 8 nitrogen and oxygen atoms in total. The van der Waals surface area contributed by atoms with Crippen molar-refractivity contribution in [2.45, 2.75) is 58.6 Å². The van der Waals surface area contributed by atoms with Gasteiger partial charge in [-0.3, -0.25) is 4.79 Å². The zero-order chi connectivity index (χ0) is 21.4. The van der Waals surface area contributed by atoms with Crippen molar-refractivity contribution in [2.24, 2.45) is 5.41 Å². The van der Waals surface area contributed by atoms with Crippen molar-refractivity contribution >= 4 is 23.0 Å². The van der Waals surface area contributed by atoms with Gasteiger partial charge in [0.05, 0.1) is 5.52 Å². The first-order valence-corrected chi connectivity index (χ1v) is 10.8. The first kappa shape index (κ1) is 20.6. The van der Waals surface area contributed by atoms with Gasteiger partial charge in [-0.25, -0.2) is 9.48 Å². The molecule has 0 bridgehead atoms. The van der Waals surface area contributed by atoms with Crippen LogP contribution in [0, 0.1) is 5.41 Å². The van der Waals surface area contributed by atoms with Crippen LogP contribution in [0.25, 0.3) is 11.0 Å². The van der Waals surface area contributed by atoms with Crippen LogP contribution in [0.4, 0.5) is 4.79 Å². The third kappa shape index (κ3) is 4.42. The summed E-state index contributed by atoms with van der Waals surface area (Å²) >= 11 is 0. The van der Waals surface area contributed by atoms with Gasteiger partial charge in [0.1, 0.15) is 17.7 Å². The summed E-state index contributed by atoms with van der Waals surface area (Å²) in [6.07, 6.45) is 3.70. The monoisotopic (exact) mass is 413 g/mol. The number of carbonyl (C=O) groups is 2. The number of ether oxygens (including phenoxy) is 1. The summed E-state index contributed by atoms with van der Waals surface area (Å²) in [5.74, 6) is 0.0547. The smallest absolute Gasteiger partial charge is 0.410 e. The molecule has 1 atom stereocenters. The second-order valence-electron chi connectivity index (χ2n) is 9.66. The van der Waals surface area contributed by atoms with E-state index >= 15 is 0 Å². The Morgan fingerprint density at radius 3 is 2.47 bits per heavy atom. The predicted molar refractivity (Wildman–Crippen MR) is 113 cm³/mol. The molecule has 0 saturated carbocycles. The van der Waals surface area contributed by atoms with Crippen LogP contribution >= 0.6 is 0 Å². The van der Waals surface area contributed by atoms with Crippen molar-refractivity contribution in [3.63, 3.8) is 0 Å². The average molecular weight is 414 g/mol. The number of amides is 2. The third-order valence-corrected chi connectivity index (χ3v) is 6.03. The van der Waals surface area contributed by atoms with Crippen LogP contribution in [0.3, 0.4) is 0 Å². The molecular weight excluding hydrogens is 382 g/mol. The number of carbonyl (C=O) groups excluding carboxylic acids is 2. The number of hydrogen-bond donors (Lipinski definition) is 0. The number of aromatic nitrogens is 3. The molecule has 2 saturated heterocycles. The Labute approximate surface area is 177 Å². The summed E-state index contributed by atoms with van der Waals surface area (Å²) in [5, 5.41) is 8.30. The highest BCUT2D eigenvalue weighted by atomic mass is 16.6. The molecule has 0 aliphatic carbocycles. The molecule has 4 rings (SSSR count). The van der Waals surface area contributed by atoms with Crippen molar-refractivity contribution in [1.82, 2.24) is 24.8 Å². The van der Waals surface area contributed by atoms with Crippen LogP contribution in [-0.2, 0) is 16.1 Å². The molecule has 1 aromatic heterocycles. The molecule has 2 fully saturated rings. The Balaban J connectivity index is 1.43. The molecule has 1 unspecified atom stereocenters. The van der Waals surface area contributed by atoms with Crippen LogP contribution in [-0.4, -0.2) is 68.6 Å². The topological polar surface area (TPSA) is 80.6 Å². The molecule has 8 heteroatoms. The van der Waals surface area contributed by atoms with Crippen LogP contribution in [0.5, 0.6) is 0 Å². The Bertz CT molecular complexity index is 930. The summed E-state index contributed by atoms with van der Waals surface area (Å²) in [4.78, 5) is 29.4. The number of fused-ring (bicyclic) bond motifs is 1. The van der Waals surface area contributed by atoms with E-state index < -0.39 is 5.60 Å². The van der Waals surface area contributed by atoms with E-state index in [1.54, 1.807) is 4.68 Å². The molecule has 0 radical (unpaired) electrons. The van der Waals surface area contributed by atoms with Gasteiger partial charge < -0.3 is 14.5 Å². The molecule has 2 aromatic rings. The Morgan fingerprint density at radius 1 is 1.07 bits per heavy atom. The second kappa shape index (κ2) is 7.89. The van der Waals surface area contributed by atoms with E-state index in [-0.39, 0.29) is 24.0 Å². The largest absolute Gasteiger partial charge is 0.444 e. The quantitative estimate of drug-likeness (QED) is 0.756. The minimum Gasteiger partial charge on any atom is -0.444 e. The van der Waals surface area contributed by atoms with Crippen molar-refractivity contribution in [1.29, 1.82) is 0 Å². The number of likely N-dealkylation sites (tertiary alicyclic amines) is 2. The molecule has 2 amide bonds. The van der Waals surface area contributed by atoms with Gasteiger partial charge >= 0.3 is 6.09 Å². The van der Waals surface area contributed by atoms with E-state index in [0.717, 1.165) is 49.8 Å². The van der Waals surface area contributed by atoms with Crippen molar-refractivity contribution in [3.8, 4) is 0 Å². The fourth-order valence-electron chi connectivity index (χ4n) is 4.71. The molecular formula is C22H31N5O3. The van der Waals surface area contributed by atoms with Crippen molar-refractivity contribution in [2.75, 3.05) is 26.2 Å². The number of benzene rings is 1. The first-order valence-electron chi connectivity index (χ1n) is 10.8. The number of para-hydroxylation sites is 1. The second-order valence-corrected chi connectivity index (χ2v) is 9.66. The molecule has 162 valence electrons. The Morgan fingerprint density at radius 2 is 1.73 bits per heavy atom. The lowest BCUT2D eigenvalue weighted by molar-refractivity contribution is -0.136. The Kier molecular flexibility index (Phi) is 5.42. The lowest BCUT2D eigenvalue weighted by atomic mass is 9.74. The number of nitrogens with zero attached hydrogens (tertiary/aromatic N) is 5. The Hall–Kier alpha value is -2.64. The van der Waals surface area contributed by atoms with Gasteiger partial charge in [-0.1, -0.05) is 17.3 Å². The van der Waals surface area contributed by atoms with Crippen molar-refractivity contribution < 1.29 is 14.3 Å². The number of rotatable bonds is 2. The minimum absolute atomic E-state index is 0.0481. The van der Waals surface area contributed by atoms with E-state index in [0.29, 0.717) is 13.1 Å². The third-order valence-electron chi connectivity index (χ3n) is 6.03. The van der Waals surface area contributed by atoms with E-state index in [1.165, 1.54) is 0 Å². The van der Waals surface area contributed by atoms with Gasteiger partial charge in [-0.15, -0.1) is 5.10 Å². The van der Waals surface area contributed by atoms with E-state index in [4.69, 9.17) is 4.74 Å². The molecule has 0 N–H and O–H groups in total. The van der Waals surface area contributed by atoms with E-state index in [9.17, 15) is 9.59 Å². The van der Waals surface area contributed by atoms with Crippen LogP contribution in [0.15, 0.2) is 24.3 Å². The minimum atomic E-state index is -0.503. The van der Waals surface area contributed by atoms with Crippen LogP contribution in [0.1, 0.15) is 46.5 Å². The fraction of sp³-hybridized carbons (Fsp3) is 0.636. The first-order chi connectivity index (χ1) is 14.2. The lowest BCUT2D eigenvalue weighted by Crippen LogP contribution is -2.55. The summed E-state index contributed by atoms with van der Waals surface area (Å²) in [5.41, 5.74) is 1.11. The van der Waals surface area contributed by atoms with Gasteiger partial charge in [0, 0.05) is 31.6 Å². The summed E-state index contributed by atoms with van der Waals surface area (Å²) in [6, 6.07) is 7.67. The molecule has 2 aliphatic heterocycles. The van der Waals surface area contributed by atoms with Gasteiger partial charge in [-0.2, -0.15) is 0 Å². The summed E-state index contributed by atoms with van der Waals surface area (Å²) in [7, 11) is 0. The normalized spacial score (nSPS) is 22.5. The average Bonchev–Trinajstić information content (AvgIpc) is 3.10. The highest BCUT2D eigenvalue weighted by Gasteiger charge is 2.42. The van der Waals surface area contributed by atoms with Crippen LogP contribution < -0.4 is 0 Å². The lowest BCUT2D eigenvalue weighted by Gasteiger charge is -2.48.